The Morgan fingerprint density at radius 2 is 1.67 bits per heavy atom. The summed E-state index contributed by atoms with van der Waals surface area (Å²) in [4.78, 5) is 0. The van der Waals surface area contributed by atoms with Gasteiger partial charge in [0, 0.05) is 18.1 Å². The molecule has 15 heavy (non-hydrogen) atoms. The van der Waals surface area contributed by atoms with Gasteiger partial charge in [-0.15, -0.1) is 0 Å². The third-order valence-corrected chi connectivity index (χ3v) is 4.55. The quantitative estimate of drug-likeness (QED) is 0.735. The molecular weight excluding hydrogens is 184 g/mol. The van der Waals surface area contributed by atoms with Crippen molar-refractivity contribution < 1.29 is 0 Å². The summed E-state index contributed by atoms with van der Waals surface area (Å²) in [5, 5.41) is 3.64. The van der Waals surface area contributed by atoms with Gasteiger partial charge in [-0.1, -0.05) is 41.0 Å². The molecule has 90 valence electrons. The summed E-state index contributed by atoms with van der Waals surface area (Å²) in [6.45, 7) is 14.6. The van der Waals surface area contributed by atoms with Gasteiger partial charge in [-0.25, -0.2) is 0 Å². The van der Waals surface area contributed by atoms with E-state index < -0.39 is 0 Å². The molecule has 0 saturated heterocycles. The number of hydrogen-bond donors (Lipinski definition) is 2. The lowest BCUT2D eigenvalue weighted by atomic mass is 9.97. The fraction of sp³-hybridized carbons (Fsp3) is 1.00. The molecule has 1 rings (SSSR count). The van der Waals surface area contributed by atoms with Gasteiger partial charge in [0.15, 0.2) is 0 Å². The maximum absolute atomic E-state index is 6.22. The lowest BCUT2D eigenvalue weighted by Gasteiger charge is -2.25. The van der Waals surface area contributed by atoms with E-state index in [0.717, 1.165) is 19.4 Å². The van der Waals surface area contributed by atoms with Crippen LogP contribution in [0.25, 0.3) is 0 Å². The summed E-state index contributed by atoms with van der Waals surface area (Å²) in [6.07, 6.45) is 2.25. The van der Waals surface area contributed by atoms with E-state index in [1.807, 2.05) is 0 Å². The van der Waals surface area contributed by atoms with Crippen LogP contribution in [0.4, 0.5) is 0 Å². The molecule has 0 amide bonds. The Morgan fingerprint density at radius 1 is 1.20 bits per heavy atom. The predicted molar refractivity (Wildman–Crippen MR) is 66.9 cm³/mol. The molecule has 0 spiro atoms. The number of nitrogens with one attached hydrogen (secondary N) is 1. The molecule has 0 aliphatic heterocycles. The molecule has 0 bridgehead atoms. The molecule has 1 fully saturated rings. The first-order valence-corrected chi connectivity index (χ1v) is 6.17. The van der Waals surface area contributed by atoms with Crippen molar-refractivity contribution in [3.8, 4) is 0 Å². The lowest BCUT2D eigenvalue weighted by Crippen LogP contribution is -2.47. The van der Waals surface area contributed by atoms with Crippen LogP contribution in [0.5, 0.6) is 0 Å². The van der Waals surface area contributed by atoms with Gasteiger partial charge in [0.1, 0.15) is 0 Å². The largest absolute Gasteiger partial charge is 0.324 e. The van der Waals surface area contributed by atoms with E-state index in [9.17, 15) is 0 Å². The van der Waals surface area contributed by atoms with E-state index >= 15 is 0 Å². The molecule has 2 heteroatoms. The molecule has 3 N–H and O–H groups in total. The summed E-state index contributed by atoms with van der Waals surface area (Å²) in [6, 6.07) is 0.615. The molecule has 1 aliphatic carbocycles. The summed E-state index contributed by atoms with van der Waals surface area (Å²) < 4.78 is 0. The summed E-state index contributed by atoms with van der Waals surface area (Å²) in [7, 11) is 0. The maximum atomic E-state index is 6.22. The van der Waals surface area contributed by atoms with E-state index in [1.165, 1.54) is 0 Å². The Labute approximate surface area is 95.0 Å². The highest BCUT2D eigenvalue weighted by Gasteiger charge is 2.64. The number of hydrogen-bond acceptors (Lipinski definition) is 2. The van der Waals surface area contributed by atoms with Crippen molar-refractivity contribution >= 4 is 0 Å². The molecule has 1 atom stereocenters. The fourth-order valence-corrected chi connectivity index (χ4v) is 2.70. The molecule has 0 aromatic heterocycles. The Morgan fingerprint density at radius 3 is 2.00 bits per heavy atom. The number of rotatable bonds is 5. The van der Waals surface area contributed by atoms with Crippen LogP contribution >= 0.6 is 0 Å². The van der Waals surface area contributed by atoms with Crippen LogP contribution in [-0.4, -0.2) is 18.1 Å². The average Bonchev–Trinajstić information content (AvgIpc) is 2.40. The van der Waals surface area contributed by atoms with Crippen LogP contribution in [-0.2, 0) is 0 Å². The minimum absolute atomic E-state index is 0.0521. The SMILES string of the molecule is CCCC(C)(N)CNC1C(C)(C)C1(C)C. The first kappa shape index (κ1) is 13.0. The molecule has 0 radical (unpaired) electrons. The smallest absolute Gasteiger partial charge is 0.0252 e. The Kier molecular flexibility index (Phi) is 3.24. The van der Waals surface area contributed by atoms with E-state index in [1.54, 1.807) is 0 Å². The van der Waals surface area contributed by atoms with Crippen LogP contribution in [0.3, 0.4) is 0 Å². The van der Waals surface area contributed by atoms with Crippen LogP contribution in [0.15, 0.2) is 0 Å². The normalized spacial score (nSPS) is 27.4. The zero-order chi connectivity index (χ0) is 11.9. The van der Waals surface area contributed by atoms with E-state index in [4.69, 9.17) is 5.73 Å². The van der Waals surface area contributed by atoms with Crippen molar-refractivity contribution in [2.24, 2.45) is 16.6 Å². The fourth-order valence-electron chi connectivity index (χ4n) is 2.70. The maximum Gasteiger partial charge on any atom is 0.0252 e. The molecule has 0 aromatic carbocycles. The molecule has 1 saturated carbocycles. The Hall–Kier alpha value is -0.0800. The van der Waals surface area contributed by atoms with Gasteiger partial charge >= 0.3 is 0 Å². The minimum Gasteiger partial charge on any atom is -0.324 e. The Bertz CT molecular complexity index is 215. The highest BCUT2D eigenvalue weighted by molar-refractivity contribution is 5.18. The van der Waals surface area contributed by atoms with Crippen molar-refractivity contribution in [1.29, 1.82) is 0 Å². The van der Waals surface area contributed by atoms with Crippen LogP contribution in [0, 0.1) is 10.8 Å². The topological polar surface area (TPSA) is 38.0 Å². The summed E-state index contributed by atoms with van der Waals surface area (Å²) in [5.74, 6) is 0. The third kappa shape index (κ3) is 2.36. The number of nitrogens with two attached hydrogens (primary N) is 1. The van der Waals surface area contributed by atoms with Crippen LogP contribution in [0.1, 0.15) is 54.4 Å². The van der Waals surface area contributed by atoms with Crippen molar-refractivity contribution in [2.45, 2.75) is 66.0 Å². The van der Waals surface area contributed by atoms with E-state index in [2.05, 4.69) is 46.9 Å². The van der Waals surface area contributed by atoms with Gasteiger partial charge in [-0.05, 0) is 24.2 Å². The lowest BCUT2D eigenvalue weighted by molar-refractivity contribution is 0.381. The van der Waals surface area contributed by atoms with Gasteiger partial charge in [0.05, 0.1) is 0 Å². The molecule has 0 aromatic rings. The standard InChI is InChI=1S/C13H28N2/c1-7-8-13(6,14)9-15-10-11(2,3)12(10,4)5/h10,15H,7-9,14H2,1-6H3. The first-order chi connectivity index (χ1) is 6.65. The zero-order valence-electron chi connectivity index (χ0n) is 11.3. The third-order valence-electron chi connectivity index (χ3n) is 4.55. The molecule has 1 aliphatic rings. The van der Waals surface area contributed by atoms with Crippen molar-refractivity contribution in [2.75, 3.05) is 6.54 Å². The highest BCUT2D eigenvalue weighted by atomic mass is 15.1. The molecular formula is C13H28N2. The molecule has 1 unspecified atom stereocenters. The van der Waals surface area contributed by atoms with Gasteiger partial charge in [0.2, 0.25) is 0 Å². The van der Waals surface area contributed by atoms with Crippen LogP contribution in [0.2, 0.25) is 0 Å². The predicted octanol–water partition coefficient (Wildman–Crippen LogP) is 2.53. The monoisotopic (exact) mass is 212 g/mol. The second-order valence-electron chi connectivity index (χ2n) is 6.66. The van der Waals surface area contributed by atoms with E-state index in [-0.39, 0.29) is 5.54 Å². The summed E-state index contributed by atoms with van der Waals surface area (Å²) in [5.41, 5.74) is 6.99. The highest BCUT2D eigenvalue weighted by Crippen LogP contribution is 2.62. The van der Waals surface area contributed by atoms with Gasteiger partial charge < -0.3 is 11.1 Å². The Balaban J connectivity index is 2.40. The van der Waals surface area contributed by atoms with Gasteiger partial charge in [0.25, 0.3) is 0 Å². The second kappa shape index (κ2) is 3.74. The second-order valence-corrected chi connectivity index (χ2v) is 6.66. The van der Waals surface area contributed by atoms with E-state index in [0.29, 0.717) is 16.9 Å². The van der Waals surface area contributed by atoms with Crippen molar-refractivity contribution in [3.05, 3.63) is 0 Å². The van der Waals surface area contributed by atoms with Gasteiger partial charge in [-0.2, -0.15) is 0 Å². The summed E-state index contributed by atoms with van der Waals surface area (Å²) >= 11 is 0. The van der Waals surface area contributed by atoms with Crippen LogP contribution < -0.4 is 11.1 Å². The minimum atomic E-state index is -0.0521. The van der Waals surface area contributed by atoms with Crippen molar-refractivity contribution in [1.82, 2.24) is 5.32 Å². The molecule has 2 nitrogen and oxygen atoms in total. The van der Waals surface area contributed by atoms with Gasteiger partial charge in [-0.3, -0.25) is 0 Å². The van der Waals surface area contributed by atoms with Crippen molar-refractivity contribution in [3.63, 3.8) is 0 Å². The zero-order valence-corrected chi connectivity index (χ0v) is 11.3. The first-order valence-electron chi connectivity index (χ1n) is 6.17. The average molecular weight is 212 g/mol. The molecule has 0 heterocycles.